The molecule has 0 spiro atoms. The van der Waals surface area contributed by atoms with Gasteiger partial charge in [-0.2, -0.15) is 0 Å². The Hall–Kier alpha value is -3.67. The number of likely N-dealkylation sites (tertiary alicyclic amines) is 1. The van der Waals surface area contributed by atoms with Crippen LogP contribution in [0.2, 0.25) is 0 Å². The van der Waals surface area contributed by atoms with Crippen molar-refractivity contribution in [3.63, 3.8) is 0 Å². The van der Waals surface area contributed by atoms with Crippen molar-refractivity contribution in [3.05, 3.63) is 47.0 Å². The van der Waals surface area contributed by atoms with Crippen LogP contribution in [0.4, 0.5) is 4.79 Å². The second-order valence-electron chi connectivity index (χ2n) is 11.8. The van der Waals surface area contributed by atoms with E-state index in [0.29, 0.717) is 12.3 Å². The van der Waals surface area contributed by atoms with Gasteiger partial charge in [-0.25, -0.2) is 22.9 Å². The van der Waals surface area contributed by atoms with Crippen LogP contribution in [0.5, 0.6) is 5.88 Å². The average Bonchev–Trinajstić information content (AvgIpc) is 3.80. The molecule has 2 unspecified atom stereocenters. The van der Waals surface area contributed by atoms with Crippen molar-refractivity contribution in [2.45, 2.75) is 83.6 Å². The first-order valence-electron chi connectivity index (χ1n) is 13.9. The maximum Gasteiger partial charge on any atom is 0.411 e. The molecular weight excluding hydrogens is 548 g/mol. The van der Waals surface area contributed by atoms with Crippen LogP contribution in [0.15, 0.2) is 41.4 Å². The fourth-order valence-corrected chi connectivity index (χ4v) is 6.11. The van der Waals surface area contributed by atoms with E-state index in [9.17, 15) is 22.8 Å². The Balaban J connectivity index is 1.34. The van der Waals surface area contributed by atoms with Crippen LogP contribution < -0.4 is 9.46 Å². The van der Waals surface area contributed by atoms with Crippen LogP contribution in [-0.4, -0.2) is 78.0 Å². The van der Waals surface area contributed by atoms with Gasteiger partial charge in [-0.1, -0.05) is 24.3 Å². The van der Waals surface area contributed by atoms with E-state index in [1.165, 1.54) is 11.0 Å². The van der Waals surface area contributed by atoms with Gasteiger partial charge in [0.25, 0.3) is 10.0 Å². The summed E-state index contributed by atoms with van der Waals surface area (Å²) in [5.74, 6) is -0.553. The number of benzene rings is 1. The summed E-state index contributed by atoms with van der Waals surface area (Å²) in [6.07, 6.45) is 3.99. The number of ether oxygens (including phenoxy) is 2. The third-order valence-electron chi connectivity index (χ3n) is 7.23. The zero-order chi connectivity index (χ0) is 29.5. The van der Waals surface area contributed by atoms with Crippen molar-refractivity contribution in [2.75, 3.05) is 13.1 Å². The third-order valence-corrected chi connectivity index (χ3v) is 8.75. The number of hydrogen-bond acceptors (Lipinski definition) is 8. The molecule has 1 aromatic carbocycles. The fourth-order valence-electron chi connectivity index (χ4n) is 5.06. The smallest absolute Gasteiger partial charge is 0.411 e. The van der Waals surface area contributed by atoms with Crippen LogP contribution in [0, 0.1) is 6.92 Å². The molecule has 0 radical (unpaired) electrons. The third kappa shape index (κ3) is 6.80. The van der Waals surface area contributed by atoms with Gasteiger partial charge in [-0.05, 0) is 57.6 Å². The molecule has 1 saturated heterocycles. The normalized spacial score (nSPS) is 20.4. The van der Waals surface area contributed by atoms with Gasteiger partial charge in [0.15, 0.2) is 0 Å². The topological polar surface area (TPSA) is 135 Å². The Bertz CT molecular complexity index is 1510. The molecule has 1 saturated carbocycles. The van der Waals surface area contributed by atoms with Gasteiger partial charge in [0.2, 0.25) is 17.7 Å². The SMILES string of the molecule is Cc1cccc2ccnc(OC3CC(C(=O)N(CCC(=O)NS(=O)(=O)C4=CC4)C4CC4)N(C(=O)OC(C)(C)C)C3)c12. The zero-order valence-electron chi connectivity index (χ0n) is 23.8. The summed E-state index contributed by atoms with van der Waals surface area (Å²) in [6.45, 7) is 7.42. The Morgan fingerprint density at radius 1 is 1.17 bits per heavy atom. The Morgan fingerprint density at radius 3 is 2.56 bits per heavy atom. The first kappa shape index (κ1) is 28.8. The second kappa shape index (κ2) is 11.0. The zero-order valence-corrected chi connectivity index (χ0v) is 24.6. The highest BCUT2D eigenvalue weighted by Crippen LogP contribution is 2.34. The van der Waals surface area contributed by atoms with Crippen molar-refractivity contribution < 1.29 is 32.3 Å². The molecular formula is C29H36N4O7S. The van der Waals surface area contributed by atoms with E-state index in [4.69, 9.17) is 9.47 Å². The maximum atomic E-state index is 13.9. The molecule has 2 aliphatic carbocycles. The molecule has 11 nitrogen and oxygen atoms in total. The van der Waals surface area contributed by atoms with Crippen molar-refractivity contribution in [1.82, 2.24) is 19.5 Å². The lowest BCUT2D eigenvalue weighted by Crippen LogP contribution is -2.50. The number of pyridine rings is 1. The predicted molar refractivity (Wildman–Crippen MR) is 151 cm³/mol. The molecule has 2 atom stereocenters. The van der Waals surface area contributed by atoms with Gasteiger partial charge in [0, 0.05) is 43.4 Å². The number of fused-ring (bicyclic) bond motifs is 1. The van der Waals surface area contributed by atoms with Gasteiger partial charge >= 0.3 is 6.09 Å². The molecule has 1 N–H and O–H groups in total. The van der Waals surface area contributed by atoms with E-state index in [1.54, 1.807) is 31.9 Å². The molecule has 41 heavy (non-hydrogen) atoms. The van der Waals surface area contributed by atoms with Crippen molar-refractivity contribution in [2.24, 2.45) is 0 Å². The molecule has 3 amide bonds. The number of allylic oxidation sites excluding steroid dienone is 2. The van der Waals surface area contributed by atoms with Crippen LogP contribution >= 0.6 is 0 Å². The van der Waals surface area contributed by atoms with Gasteiger partial charge in [0.05, 0.1) is 11.4 Å². The minimum atomic E-state index is -3.80. The number of nitrogens with zero attached hydrogens (tertiary/aromatic N) is 3. The van der Waals surface area contributed by atoms with Gasteiger partial charge in [-0.15, -0.1) is 0 Å². The van der Waals surface area contributed by atoms with Gasteiger partial charge < -0.3 is 14.4 Å². The molecule has 2 aromatic rings. The number of amides is 3. The molecule has 2 heterocycles. The lowest BCUT2D eigenvalue weighted by molar-refractivity contribution is -0.137. The summed E-state index contributed by atoms with van der Waals surface area (Å²) < 4.78 is 38.2. The number of aryl methyl sites for hydroxylation is 1. The maximum absolute atomic E-state index is 13.9. The number of carbonyl (C=O) groups is 3. The standard InChI is InChI=1S/C29H36N4O7S/c1-18-6-5-7-19-12-14-30-26(25(18)19)39-21-16-23(33(17-21)28(36)40-29(2,3)4)27(35)32(20-8-9-20)15-13-24(34)31-41(37,38)22-10-11-22/h5-7,10,12,14,20-21,23H,8-9,11,13,15-17H2,1-4H3,(H,31,34). The number of carbonyl (C=O) groups excluding carboxylic acids is 3. The van der Waals surface area contributed by atoms with E-state index in [2.05, 4.69) is 9.71 Å². The summed E-state index contributed by atoms with van der Waals surface area (Å²) >= 11 is 0. The van der Waals surface area contributed by atoms with E-state index < -0.39 is 39.8 Å². The quantitative estimate of drug-likeness (QED) is 0.474. The molecule has 220 valence electrons. The highest BCUT2D eigenvalue weighted by atomic mass is 32.2. The number of sulfonamides is 1. The van der Waals surface area contributed by atoms with Crippen LogP contribution in [0.3, 0.4) is 0 Å². The van der Waals surface area contributed by atoms with Crippen LogP contribution in [0.25, 0.3) is 10.8 Å². The lowest BCUT2D eigenvalue weighted by Gasteiger charge is -2.31. The lowest BCUT2D eigenvalue weighted by atomic mass is 10.1. The largest absolute Gasteiger partial charge is 0.472 e. The number of hydrogen-bond donors (Lipinski definition) is 1. The first-order chi connectivity index (χ1) is 19.3. The summed E-state index contributed by atoms with van der Waals surface area (Å²) in [6, 6.07) is 6.87. The fraction of sp³-hybridized carbons (Fsp3) is 0.517. The number of aromatic nitrogens is 1. The monoisotopic (exact) mass is 584 g/mol. The van der Waals surface area contributed by atoms with Gasteiger partial charge in [-0.3, -0.25) is 14.5 Å². The Labute approximate surface area is 239 Å². The summed E-state index contributed by atoms with van der Waals surface area (Å²) in [7, 11) is -3.80. The second-order valence-corrected chi connectivity index (χ2v) is 13.6. The van der Waals surface area contributed by atoms with E-state index >= 15 is 0 Å². The van der Waals surface area contributed by atoms with Crippen LogP contribution in [0.1, 0.15) is 58.4 Å². The van der Waals surface area contributed by atoms with Crippen LogP contribution in [-0.2, 0) is 24.3 Å². The highest BCUT2D eigenvalue weighted by Gasteiger charge is 2.46. The molecule has 1 aliphatic heterocycles. The summed E-state index contributed by atoms with van der Waals surface area (Å²) in [5, 5.41) is 1.85. The summed E-state index contributed by atoms with van der Waals surface area (Å²) in [4.78, 5) is 47.3. The molecule has 3 aliphatic rings. The Kier molecular flexibility index (Phi) is 7.71. The Morgan fingerprint density at radius 2 is 1.90 bits per heavy atom. The minimum absolute atomic E-state index is 0.0398. The highest BCUT2D eigenvalue weighted by molar-refractivity contribution is 7.94. The van der Waals surface area contributed by atoms with E-state index in [0.717, 1.165) is 29.2 Å². The van der Waals surface area contributed by atoms with E-state index in [-0.39, 0.29) is 42.8 Å². The van der Waals surface area contributed by atoms with Gasteiger partial charge in [0.1, 0.15) is 17.7 Å². The molecule has 5 rings (SSSR count). The number of nitrogens with one attached hydrogen (secondary N) is 1. The van der Waals surface area contributed by atoms with Crippen molar-refractivity contribution in [1.29, 1.82) is 0 Å². The molecule has 0 bridgehead atoms. The average molecular weight is 585 g/mol. The first-order valence-corrected chi connectivity index (χ1v) is 15.4. The molecule has 2 fully saturated rings. The van der Waals surface area contributed by atoms with Crippen molar-refractivity contribution in [3.8, 4) is 5.88 Å². The molecule has 1 aromatic heterocycles. The van der Waals surface area contributed by atoms with E-state index in [1.807, 2.05) is 31.2 Å². The van der Waals surface area contributed by atoms with Crippen molar-refractivity contribution >= 4 is 38.7 Å². The summed E-state index contributed by atoms with van der Waals surface area (Å²) in [5.41, 5.74) is 0.229. The predicted octanol–water partition coefficient (Wildman–Crippen LogP) is 3.41. The minimum Gasteiger partial charge on any atom is -0.472 e. The molecule has 12 heteroatoms. The number of rotatable bonds is 9.